The zero-order chi connectivity index (χ0) is 51.7. The topological polar surface area (TPSA) is 297 Å². The molecule has 1 aliphatic heterocycles. The molecule has 10 N–H and O–H groups in total. The first-order valence-corrected chi connectivity index (χ1v) is 23.0. The Morgan fingerprint density at radius 2 is 1.30 bits per heavy atom. The molecule has 0 bridgehead atoms. The number of nitrogens with zero attached hydrogens (tertiary/aromatic N) is 1. The van der Waals surface area contributed by atoms with Crippen LogP contribution in [0.15, 0.2) is 0 Å². The normalized spacial score (nSPS) is 16.1. The van der Waals surface area contributed by atoms with Crippen molar-refractivity contribution in [3.63, 3.8) is 0 Å². The van der Waals surface area contributed by atoms with Crippen molar-refractivity contribution >= 4 is 53.3 Å². The van der Waals surface area contributed by atoms with Crippen LogP contribution >= 0.6 is 0 Å². The van der Waals surface area contributed by atoms with Gasteiger partial charge < -0.3 is 41.7 Å². The fourth-order valence-electron chi connectivity index (χ4n) is 6.77. The number of amides is 7. The first-order valence-electron chi connectivity index (χ1n) is 23.0. The van der Waals surface area contributed by atoms with Gasteiger partial charge in [0.2, 0.25) is 29.5 Å². The van der Waals surface area contributed by atoms with Gasteiger partial charge in [-0.15, -0.1) is 0 Å². The summed E-state index contributed by atoms with van der Waals surface area (Å²) in [6.45, 7) is 18.7. The van der Waals surface area contributed by atoms with Gasteiger partial charge >= 0.3 is 18.2 Å². The van der Waals surface area contributed by atoms with Crippen LogP contribution in [0.2, 0.25) is 0 Å². The molecule has 1 heterocycles. The highest BCUT2D eigenvalue weighted by Crippen LogP contribution is 2.22. The maximum atomic E-state index is 14.4. The molecule has 20 nitrogen and oxygen atoms in total. The number of carbonyl (C=O) groups excluding carboxylic acids is 8. The van der Waals surface area contributed by atoms with Crippen LogP contribution in [0.25, 0.3) is 0 Å². The van der Waals surface area contributed by atoms with E-state index in [2.05, 4.69) is 37.4 Å². The van der Waals surface area contributed by atoms with Gasteiger partial charge in [0.25, 0.3) is 5.91 Å². The van der Waals surface area contributed by atoms with Crippen LogP contribution in [0.3, 0.4) is 0 Å². The first kappa shape index (κ1) is 61.9. The molecule has 0 saturated carbocycles. The predicted octanol–water partition coefficient (Wildman–Crippen LogP) is 2.72. The maximum absolute atomic E-state index is 14.4. The number of unbranched alkanes of at least 4 members (excludes halogenated alkanes) is 3. The Kier molecular flexibility index (Phi) is 28.1. The molecule has 1 rings (SSSR count). The molecule has 23 heteroatoms. The molecule has 0 radical (unpaired) electrons. The van der Waals surface area contributed by atoms with Crippen LogP contribution in [-0.4, -0.2) is 131 Å². The highest BCUT2D eigenvalue weighted by atomic mass is 19.4. The van der Waals surface area contributed by atoms with Crippen LogP contribution in [-0.2, 0) is 43.1 Å². The van der Waals surface area contributed by atoms with E-state index < -0.39 is 83.6 Å². The number of nitrogens with two attached hydrogens (primary N) is 1. The average molecular weight is 966 g/mol. The van der Waals surface area contributed by atoms with E-state index in [1.165, 1.54) is 11.8 Å². The summed E-state index contributed by atoms with van der Waals surface area (Å²) in [5, 5.41) is 21.2. The zero-order valence-corrected chi connectivity index (χ0v) is 41.0. The second kappa shape index (κ2) is 30.3. The summed E-state index contributed by atoms with van der Waals surface area (Å²) in [7, 11) is 0. The van der Waals surface area contributed by atoms with Crippen LogP contribution in [0.4, 0.5) is 18.0 Å². The molecule has 0 aromatic heterocycles. The van der Waals surface area contributed by atoms with Crippen molar-refractivity contribution < 1.29 is 66.2 Å². The highest BCUT2D eigenvalue weighted by molar-refractivity contribution is 6.11. The number of alkyl halides is 3. The van der Waals surface area contributed by atoms with E-state index in [1.54, 1.807) is 20.8 Å². The molecule has 1 fully saturated rings. The predicted molar refractivity (Wildman–Crippen MR) is 242 cm³/mol. The van der Waals surface area contributed by atoms with Crippen molar-refractivity contribution in [1.29, 1.82) is 0 Å². The minimum atomic E-state index is -5.08. The van der Waals surface area contributed by atoms with Crippen LogP contribution in [0.1, 0.15) is 140 Å². The molecule has 386 valence electrons. The van der Waals surface area contributed by atoms with Crippen molar-refractivity contribution in [3.8, 4) is 0 Å². The second-order valence-electron chi connectivity index (χ2n) is 18.9. The number of rotatable bonds is 26. The number of aliphatic carboxylic acids is 1. The van der Waals surface area contributed by atoms with Gasteiger partial charge in [-0.25, -0.2) is 9.59 Å². The molecule has 0 aromatic rings. The van der Waals surface area contributed by atoms with Crippen molar-refractivity contribution in [2.75, 3.05) is 32.7 Å². The molecule has 1 aliphatic rings. The number of nitrogens with one attached hydrogen (secondary N) is 7. The molecular formula is C44H78F3N9O11. The number of ether oxygens (including phenoxy) is 1. The number of halogens is 3. The monoisotopic (exact) mass is 966 g/mol. The van der Waals surface area contributed by atoms with Gasteiger partial charge in [0.05, 0.1) is 6.54 Å². The van der Waals surface area contributed by atoms with E-state index in [9.17, 15) is 51.5 Å². The summed E-state index contributed by atoms with van der Waals surface area (Å²) >= 11 is 0. The lowest BCUT2D eigenvalue weighted by molar-refractivity contribution is -0.192. The summed E-state index contributed by atoms with van der Waals surface area (Å²) in [6, 6.07) is -3.18. The lowest BCUT2D eigenvalue weighted by Crippen LogP contribution is -2.62. The van der Waals surface area contributed by atoms with Gasteiger partial charge in [-0.1, -0.05) is 48.0 Å². The van der Waals surface area contributed by atoms with Crippen LogP contribution in [0.5, 0.6) is 0 Å². The van der Waals surface area contributed by atoms with Gasteiger partial charge in [-0.05, 0) is 116 Å². The van der Waals surface area contributed by atoms with E-state index in [-0.39, 0.29) is 74.6 Å². The minimum Gasteiger partial charge on any atom is -0.475 e. The van der Waals surface area contributed by atoms with E-state index >= 15 is 0 Å². The quantitative estimate of drug-likeness (QED) is 0.0343. The number of hydrogen-bond donors (Lipinski definition) is 9. The SMILES string of the molecule is CC(=O)[C@]1(C(=O)N[C@@H](CC(C)C)C(=O)N(CCCCNC(=O)OC(C)(C)C)CC(=O)N[C@@H](CC(C)C)C(=O)N[C@@H](CC(C)C)C(=O)NNC(=O)CCCCCN)CCCN1.O=C(O)C(F)(F)F. The average Bonchev–Trinajstić information content (AvgIpc) is 3.71. The third kappa shape index (κ3) is 26.2. The second-order valence-corrected chi connectivity index (χ2v) is 18.9. The Morgan fingerprint density at radius 3 is 1.78 bits per heavy atom. The van der Waals surface area contributed by atoms with Crippen LogP contribution < -0.4 is 43.2 Å². The molecule has 0 aromatic carbocycles. The number of ketones is 1. The molecule has 67 heavy (non-hydrogen) atoms. The van der Waals surface area contributed by atoms with E-state index in [1.807, 2.05) is 41.5 Å². The van der Waals surface area contributed by atoms with E-state index in [0.29, 0.717) is 38.8 Å². The van der Waals surface area contributed by atoms with Crippen molar-refractivity contribution in [1.82, 2.24) is 42.3 Å². The molecule has 4 atom stereocenters. The van der Waals surface area contributed by atoms with Gasteiger partial charge in [0.1, 0.15) is 23.7 Å². The minimum absolute atomic E-state index is 0.0147. The molecule has 0 spiro atoms. The molecular weight excluding hydrogens is 888 g/mol. The van der Waals surface area contributed by atoms with Crippen molar-refractivity contribution in [2.45, 2.75) is 175 Å². The Morgan fingerprint density at radius 1 is 0.746 bits per heavy atom. The summed E-state index contributed by atoms with van der Waals surface area (Å²) in [4.78, 5) is 116. The number of hydrogen-bond acceptors (Lipinski definition) is 12. The molecule has 0 aliphatic carbocycles. The van der Waals surface area contributed by atoms with Gasteiger partial charge in [0, 0.05) is 19.5 Å². The highest BCUT2D eigenvalue weighted by Gasteiger charge is 2.47. The number of hydrazine groups is 1. The third-order valence-corrected chi connectivity index (χ3v) is 10.00. The first-order chi connectivity index (χ1) is 30.9. The lowest BCUT2D eigenvalue weighted by Gasteiger charge is -2.32. The van der Waals surface area contributed by atoms with Gasteiger partial charge in [-0.2, -0.15) is 13.2 Å². The summed E-state index contributed by atoms with van der Waals surface area (Å²) in [6.07, 6.45) is -0.912. The van der Waals surface area contributed by atoms with E-state index in [4.69, 9.17) is 20.4 Å². The number of Topliss-reactive ketones (excluding diaryl/α,β-unsaturated/α-hetero) is 1. The lowest BCUT2D eigenvalue weighted by atomic mass is 9.90. The van der Waals surface area contributed by atoms with Gasteiger partial charge in [0.15, 0.2) is 11.3 Å². The Bertz CT molecular complexity index is 1630. The van der Waals surface area contributed by atoms with E-state index in [0.717, 1.165) is 12.8 Å². The largest absolute Gasteiger partial charge is 0.490 e. The smallest absolute Gasteiger partial charge is 0.475 e. The fourth-order valence-corrected chi connectivity index (χ4v) is 6.77. The standard InChI is InChI=1S/C42H77N9O9.C2HF3O2/c1-27(2)23-31(36(55)47-32(24-28(3)4)37(56)50-49-34(53)17-12-11-13-19-43)46-35(54)26-51(22-15-14-20-44-40(59)60-41(8,9)10)38(57)33(25-29(5)6)48-39(58)42(30(7)52)18-16-21-45-42;3-2(4,5)1(6)7/h27-29,31-33,45H,11-26,43H2,1-10H3,(H,44,59)(H,46,54)(H,47,55)(H,48,58)(H,49,53)(H,50,56);(H,6,7)/t31-,32-,33-,42-;/m0./s1. The molecule has 0 unspecified atom stereocenters. The summed E-state index contributed by atoms with van der Waals surface area (Å²) in [5.74, 6) is -6.62. The number of alkyl carbamates (subject to hydrolysis) is 1. The summed E-state index contributed by atoms with van der Waals surface area (Å²) in [5.41, 5.74) is 8.19. The Balaban J connectivity index is 0.00000572. The van der Waals surface area contributed by atoms with Crippen molar-refractivity contribution in [3.05, 3.63) is 0 Å². The number of carboxylic acids is 1. The third-order valence-electron chi connectivity index (χ3n) is 10.00. The Hall–Kier alpha value is -5.06. The van der Waals surface area contributed by atoms with Gasteiger partial charge in [-0.3, -0.25) is 49.7 Å². The van der Waals surface area contributed by atoms with Crippen LogP contribution in [0, 0.1) is 17.8 Å². The van der Waals surface area contributed by atoms with Crippen molar-refractivity contribution in [2.24, 2.45) is 23.5 Å². The number of carbonyl (C=O) groups is 9. The maximum Gasteiger partial charge on any atom is 0.490 e. The molecule has 7 amide bonds. The number of carboxylic acid groups (broad SMARTS) is 1. The zero-order valence-electron chi connectivity index (χ0n) is 41.0. The fraction of sp³-hybridized carbons (Fsp3) is 0.795. The summed E-state index contributed by atoms with van der Waals surface area (Å²) < 4.78 is 37.0. The molecule has 1 saturated heterocycles. The Labute approximate surface area is 392 Å².